The van der Waals surface area contributed by atoms with Gasteiger partial charge < -0.3 is 40.7 Å². The second-order valence-electron chi connectivity index (χ2n) is 5.02. The first-order chi connectivity index (χ1) is 14.0. The lowest BCUT2D eigenvalue weighted by Crippen LogP contribution is -2.03. The van der Waals surface area contributed by atoms with Gasteiger partial charge >= 0.3 is 11.9 Å². The third kappa shape index (κ3) is 6.42. The zero-order valence-electron chi connectivity index (χ0n) is 16.0. The number of methoxy groups -OCH3 is 2. The molecule has 2 rings (SSSR count). The number of phenolic OH excluding ortho intramolecular Hbond substituents is 2. The highest BCUT2D eigenvalue weighted by molar-refractivity contribution is 5.95. The number of benzene rings is 2. The van der Waals surface area contributed by atoms with E-state index in [9.17, 15) is 29.9 Å². The van der Waals surface area contributed by atoms with Crippen LogP contribution in [0.5, 0.6) is 23.0 Å². The Balaban J connectivity index is 0.000000522. The third-order valence-electron chi connectivity index (χ3n) is 3.31. The highest BCUT2D eigenvalue weighted by atomic mass is 16.6. The van der Waals surface area contributed by atoms with E-state index in [-0.39, 0.29) is 28.5 Å². The molecule has 0 bridgehead atoms. The summed E-state index contributed by atoms with van der Waals surface area (Å²) < 4.78 is 9.36. The van der Waals surface area contributed by atoms with Crippen molar-refractivity contribution in [3.8, 4) is 23.0 Å². The number of ether oxygens (including phenoxy) is 2. The Morgan fingerprint density at radius 3 is 1.67 bits per heavy atom. The van der Waals surface area contributed by atoms with Crippen molar-refractivity contribution in [1.82, 2.24) is 0 Å². The molecule has 0 aliphatic rings. The van der Waals surface area contributed by atoms with Crippen LogP contribution in [0.1, 0.15) is 20.7 Å². The molecule has 13 nitrogen and oxygen atoms in total. The minimum Gasteiger partial charge on any atom is -0.504 e. The fraction of sp³-hybridized carbons (Fsp3) is 0.176. The fourth-order valence-electron chi connectivity index (χ4n) is 1.98. The number of nitro benzene ring substituents is 1. The topological polar surface area (TPSA) is 223 Å². The molecule has 0 unspecified atom stereocenters. The summed E-state index contributed by atoms with van der Waals surface area (Å²) in [5.41, 5.74) is 4.10. The van der Waals surface area contributed by atoms with Crippen LogP contribution in [0.25, 0.3) is 0 Å². The molecule has 2 aromatic rings. The summed E-state index contributed by atoms with van der Waals surface area (Å²) in [7, 11) is 3.56. The normalized spacial score (nSPS) is 9.20. The van der Waals surface area contributed by atoms with E-state index in [1.807, 2.05) is 0 Å². The van der Waals surface area contributed by atoms with Gasteiger partial charge in [0.05, 0.1) is 36.5 Å². The molecule has 0 aliphatic heterocycles. The molecular weight excluding hydrogens is 408 g/mol. The molecular formula is C17H20N2O11. The Kier molecular flexibility index (Phi) is 9.91. The molecule has 164 valence electrons. The average molecular weight is 428 g/mol. The summed E-state index contributed by atoms with van der Waals surface area (Å²) >= 11 is 0. The van der Waals surface area contributed by atoms with Gasteiger partial charge in [0.1, 0.15) is 5.56 Å². The van der Waals surface area contributed by atoms with Crippen LogP contribution in [-0.2, 0) is 0 Å². The van der Waals surface area contributed by atoms with Crippen molar-refractivity contribution in [3.63, 3.8) is 0 Å². The summed E-state index contributed by atoms with van der Waals surface area (Å²) in [4.78, 5) is 30.8. The van der Waals surface area contributed by atoms with E-state index in [1.54, 1.807) is 0 Å². The zero-order valence-corrected chi connectivity index (χ0v) is 16.0. The molecule has 0 heterocycles. The zero-order chi connectivity index (χ0) is 23.6. The molecule has 7 N–H and O–H groups in total. The minimum atomic E-state index is -1.49. The SMILES string of the molecule is CO.COc1cc(N)c(C(=O)O)cc1O.COc1cc([N+](=O)[O-])c(C(=O)O)cc1O. The monoisotopic (exact) mass is 428 g/mol. The molecule has 0 aliphatic carbocycles. The second-order valence-corrected chi connectivity index (χ2v) is 5.02. The molecule has 30 heavy (non-hydrogen) atoms. The first-order valence-electron chi connectivity index (χ1n) is 7.66. The number of nitrogens with zero attached hydrogens (tertiary/aromatic N) is 1. The number of carboxylic acids is 2. The van der Waals surface area contributed by atoms with Gasteiger partial charge in [0.15, 0.2) is 23.0 Å². The Bertz CT molecular complexity index is 928. The number of hydrogen-bond acceptors (Lipinski definition) is 10. The Labute approximate surface area is 169 Å². The maximum atomic E-state index is 10.6. The van der Waals surface area contributed by atoms with Crippen LogP contribution >= 0.6 is 0 Å². The van der Waals surface area contributed by atoms with Gasteiger partial charge in [-0.25, -0.2) is 9.59 Å². The van der Waals surface area contributed by atoms with Crippen molar-refractivity contribution in [1.29, 1.82) is 0 Å². The van der Waals surface area contributed by atoms with Crippen LogP contribution in [0.3, 0.4) is 0 Å². The van der Waals surface area contributed by atoms with Gasteiger partial charge in [-0.2, -0.15) is 0 Å². The third-order valence-corrected chi connectivity index (χ3v) is 3.31. The number of aromatic hydroxyl groups is 2. The lowest BCUT2D eigenvalue weighted by Gasteiger charge is -2.06. The molecule has 0 atom stereocenters. The van der Waals surface area contributed by atoms with Crippen LogP contribution < -0.4 is 15.2 Å². The van der Waals surface area contributed by atoms with Gasteiger partial charge in [-0.1, -0.05) is 0 Å². The number of anilines is 1. The largest absolute Gasteiger partial charge is 0.504 e. The van der Waals surface area contributed by atoms with Gasteiger partial charge in [-0.3, -0.25) is 10.1 Å². The number of aliphatic hydroxyl groups is 1. The summed E-state index contributed by atoms with van der Waals surface area (Å²) in [6.45, 7) is 0. The number of nitrogens with two attached hydrogens (primary N) is 1. The van der Waals surface area contributed by atoms with Crippen molar-refractivity contribution in [2.75, 3.05) is 27.1 Å². The van der Waals surface area contributed by atoms with E-state index < -0.39 is 33.9 Å². The van der Waals surface area contributed by atoms with Crippen LogP contribution in [-0.4, -0.2) is 63.7 Å². The maximum Gasteiger partial charge on any atom is 0.342 e. The number of aliphatic hydroxyl groups excluding tert-OH is 1. The number of aromatic carboxylic acids is 2. The highest BCUT2D eigenvalue weighted by Crippen LogP contribution is 2.33. The summed E-state index contributed by atoms with van der Waals surface area (Å²) in [6.07, 6.45) is 0. The Hall–Kier alpha value is -4.26. The lowest BCUT2D eigenvalue weighted by molar-refractivity contribution is -0.385. The Morgan fingerprint density at radius 1 is 0.900 bits per heavy atom. The van der Waals surface area contributed by atoms with E-state index in [0.29, 0.717) is 0 Å². The molecule has 0 spiro atoms. The van der Waals surface area contributed by atoms with Crippen LogP contribution in [0, 0.1) is 10.1 Å². The van der Waals surface area contributed by atoms with E-state index >= 15 is 0 Å². The smallest absolute Gasteiger partial charge is 0.342 e. The molecule has 0 saturated heterocycles. The van der Waals surface area contributed by atoms with Crippen molar-refractivity contribution >= 4 is 23.3 Å². The molecule has 0 fully saturated rings. The second kappa shape index (κ2) is 11.6. The van der Waals surface area contributed by atoms with Crippen molar-refractivity contribution < 1.29 is 49.5 Å². The van der Waals surface area contributed by atoms with E-state index in [0.717, 1.165) is 25.3 Å². The first-order valence-corrected chi connectivity index (χ1v) is 7.66. The molecule has 2 aromatic carbocycles. The predicted molar refractivity (Wildman–Crippen MR) is 102 cm³/mol. The average Bonchev–Trinajstić information content (AvgIpc) is 2.70. The van der Waals surface area contributed by atoms with Gasteiger partial charge in [0.25, 0.3) is 5.69 Å². The van der Waals surface area contributed by atoms with Crippen molar-refractivity contribution in [2.24, 2.45) is 0 Å². The van der Waals surface area contributed by atoms with Crippen LogP contribution in [0.2, 0.25) is 0 Å². The molecule has 0 aromatic heterocycles. The van der Waals surface area contributed by atoms with Gasteiger partial charge in [0.2, 0.25) is 0 Å². The molecule has 0 amide bonds. The number of hydrogen-bond donors (Lipinski definition) is 6. The van der Waals surface area contributed by atoms with E-state index in [2.05, 4.69) is 4.74 Å². The van der Waals surface area contributed by atoms with Gasteiger partial charge in [-0.15, -0.1) is 0 Å². The molecule has 0 saturated carbocycles. The standard InChI is InChI=1S/C8H7NO6.C8H9NO4.CH4O/c1-15-7-3-5(9(13)14)4(8(11)12)2-6(7)10;1-13-7-3-5(9)4(8(11)12)2-6(7)10;1-2/h2-3,10H,1H3,(H,11,12);2-3,10H,9H2,1H3,(H,11,12);2H,1H3. The number of phenols is 2. The van der Waals surface area contributed by atoms with E-state index in [1.165, 1.54) is 20.3 Å². The molecule has 13 heteroatoms. The fourth-order valence-corrected chi connectivity index (χ4v) is 1.98. The minimum absolute atomic E-state index is 0.0575. The number of rotatable bonds is 5. The summed E-state index contributed by atoms with van der Waals surface area (Å²) in [5, 5.41) is 53.2. The number of nitro groups is 1. The molecule has 0 radical (unpaired) electrons. The van der Waals surface area contributed by atoms with Crippen molar-refractivity contribution in [3.05, 3.63) is 45.5 Å². The quantitative estimate of drug-likeness (QED) is 0.171. The van der Waals surface area contributed by atoms with Gasteiger partial charge in [-0.05, 0) is 0 Å². The highest BCUT2D eigenvalue weighted by Gasteiger charge is 2.23. The summed E-state index contributed by atoms with van der Waals surface area (Å²) in [5.74, 6) is -3.36. The van der Waals surface area contributed by atoms with Crippen LogP contribution in [0.15, 0.2) is 24.3 Å². The summed E-state index contributed by atoms with van der Waals surface area (Å²) in [6, 6.07) is 3.95. The Morgan fingerprint density at radius 2 is 1.30 bits per heavy atom. The number of carbonyl (C=O) groups is 2. The maximum absolute atomic E-state index is 10.6. The first kappa shape index (κ1) is 25.7. The number of nitrogen functional groups attached to an aromatic ring is 1. The van der Waals surface area contributed by atoms with Crippen LogP contribution in [0.4, 0.5) is 11.4 Å². The lowest BCUT2D eigenvalue weighted by atomic mass is 10.1. The van der Waals surface area contributed by atoms with Crippen molar-refractivity contribution in [2.45, 2.75) is 0 Å². The van der Waals surface area contributed by atoms with Gasteiger partial charge in [0, 0.05) is 25.3 Å². The number of carboxylic acid groups (broad SMARTS) is 2. The predicted octanol–water partition coefficient (Wildman–Crippen LogP) is 1.30. The van der Waals surface area contributed by atoms with E-state index in [4.69, 9.17) is 25.8 Å².